The van der Waals surface area contributed by atoms with Gasteiger partial charge in [0.05, 0.1) is 5.02 Å². The van der Waals surface area contributed by atoms with Crippen LogP contribution in [0, 0.1) is 5.92 Å². The monoisotopic (exact) mass is 303 g/mol. The Balaban J connectivity index is 2.17. The van der Waals surface area contributed by atoms with Crippen LogP contribution in [0.2, 0.25) is 5.02 Å². The Kier molecular flexibility index (Phi) is 4.32. The molecule has 0 bridgehead atoms. The number of pyridine rings is 1. The maximum atomic E-state index is 12.2. The van der Waals surface area contributed by atoms with Crippen LogP contribution in [0.1, 0.15) is 26.7 Å². The minimum atomic E-state index is -3.54. The molecule has 1 fully saturated rings. The molecule has 1 aromatic rings. The van der Waals surface area contributed by atoms with Crippen LogP contribution < -0.4 is 10.0 Å². The van der Waals surface area contributed by atoms with Gasteiger partial charge in [0.15, 0.2) is 0 Å². The molecule has 7 heteroatoms. The van der Waals surface area contributed by atoms with E-state index in [-0.39, 0.29) is 10.9 Å². The molecule has 2 N–H and O–H groups in total. The van der Waals surface area contributed by atoms with Crippen molar-refractivity contribution in [3.63, 3.8) is 0 Å². The number of anilines is 1. The summed E-state index contributed by atoms with van der Waals surface area (Å²) in [4.78, 5) is 4.14. The van der Waals surface area contributed by atoms with Crippen LogP contribution in [0.15, 0.2) is 17.2 Å². The smallest absolute Gasteiger partial charge is 0.242 e. The fourth-order valence-corrected chi connectivity index (χ4v) is 3.45. The summed E-state index contributed by atoms with van der Waals surface area (Å²) in [6, 6.07) is 1.38. The Hall–Kier alpha value is -0.850. The molecule has 0 radical (unpaired) electrons. The normalized spacial score (nSPS) is 17.2. The molecule has 0 aromatic carbocycles. The molecule has 106 valence electrons. The van der Waals surface area contributed by atoms with Crippen molar-refractivity contribution in [2.45, 2.75) is 37.6 Å². The molecule has 0 saturated heterocycles. The quantitative estimate of drug-likeness (QED) is 0.845. The summed E-state index contributed by atoms with van der Waals surface area (Å²) < 4.78 is 27.0. The number of hydrogen-bond acceptors (Lipinski definition) is 4. The van der Waals surface area contributed by atoms with Crippen molar-refractivity contribution in [2.24, 2.45) is 5.92 Å². The molecule has 1 aromatic heterocycles. The lowest BCUT2D eigenvalue weighted by Crippen LogP contribution is -2.34. The van der Waals surface area contributed by atoms with Crippen LogP contribution in [-0.2, 0) is 10.0 Å². The predicted octanol–water partition coefficient (Wildman–Crippen LogP) is 2.24. The maximum absolute atomic E-state index is 12.2. The zero-order valence-corrected chi connectivity index (χ0v) is 12.6. The number of halogens is 1. The Morgan fingerprint density at radius 3 is 2.74 bits per heavy atom. The molecule has 1 atom stereocenters. The van der Waals surface area contributed by atoms with Gasteiger partial charge in [-0.1, -0.05) is 11.6 Å². The Labute approximate surface area is 118 Å². The van der Waals surface area contributed by atoms with Crippen LogP contribution in [-0.4, -0.2) is 26.0 Å². The highest BCUT2D eigenvalue weighted by Crippen LogP contribution is 2.33. The van der Waals surface area contributed by atoms with E-state index in [0.29, 0.717) is 23.3 Å². The highest BCUT2D eigenvalue weighted by Gasteiger charge is 2.31. The van der Waals surface area contributed by atoms with Gasteiger partial charge in [-0.3, -0.25) is 0 Å². The number of hydrogen-bond donors (Lipinski definition) is 2. The Morgan fingerprint density at radius 2 is 2.21 bits per heavy atom. The van der Waals surface area contributed by atoms with Crippen molar-refractivity contribution in [2.75, 3.05) is 11.9 Å². The molecule has 1 unspecified atom stereocenters. The Bertz CT molecular complexity index is 558. The second kappa shape index (κ2) is 5.64. The summed E-state index contributed by atoms with van der Waals surface area (Å²) in [7, 11) is -3.54. The fourth-order valence-electron chi connectivity index (χ4n) is 1.87. The molecule has 0 amide bonds. The lowest BCUT2D eigenvalue weighted by Gasteiger charge is -2.14. The van der Waals surface area contributed by atoms with Crippen molar-refractivity contribution < 1.29 is 8.42 Å². The summed E-state index contributed by atoms with van der Waals surface area (Å²) in [5.41, 5.74) is 0. The third kappa shape index (κ3) is 3.58. The van der Waals surface area contributed by atoms with E-state index in [0.717, 1.165) is 12.8 Å². The van der Waals surface area contributed by atoms with Crippen molar-refractivity contribution in [1.82, 2.24) is 9.71 Å². The van der Waals surface area contributed by atoms with Gasteiger partial charge in [0.25, 0.3) is 0 Å². The van der Waals surface area contributed by atoms with E-state index in [1.165, 1.54) is 12.3 Å². The van der Waals surface area contributed by atoms with E-state index in [9.17, 15) is 8.42 Å². The summed E-state index contributed by atoms with van der Waals surface area (Å²) in [5.74, 6) is 0.956. The van der Waals surface area contributed by atoms with E-state index in [1.54, 1.807) is 0 Å². The molecule has 0 aliphatic heterocycles. The molecule has 19 heavy (non-hydrogen) atoms. The topological polar surface area (TPSA) is 71.1 Å². The minimum absolute atomic E-state index is 0.0442. The van der Waals surface area contributed by atoms with E-state index >= 15 is 0 Å². The molecule has 1 aliphatic carbocycles. The van der Waals surface area contributed by atoms with E-state index < -0.39 is 10.0 Å². The third-order valence-corrected chi connectivity index (χ3v) is 4.95. The first kappa shape index (κ1) is 14.6. The largest absolute Gasteiger partial charge is 0.369 e. The summed E-state index contributed by atoms with van der Waals surface area (Å²) >= 11 is 6.01. The highest BCUT2D eigenvalue weighted by molar-refractivity contribution is 7.89. The van der Waals surface area contributed by atoms with Crippen molar-refractivity contribution in [3.05, 3.63) is 17.3 Å². The molecule has 5 nitrogen and oxygen atoms in total. The van der Waals surface area contributed by atoms with Crippen LogP contribution >= 0.6 is 11.6 Å². The van der Waals surface area contributed by atoms with E-state index in [1.807, 2.05) is 13.8 Å². The second-order valence-corrected chi connectivity index (χ2v) is 6.90. The van der Waals surface area contributed by atoms with Gasteiger partial charge in [-0.2, -0.15) is 0 Å². The molecule has 1 saturated carbocycles. The standard InChI is InChI=1S/C12H18ClN3O2S/c1-3-14-12-11(13)6-10(7-15-12)19(17,18)16-8(2)9-4-5-9/h6-9,16H,3-5H2,1-2H3,(H,14,15). The van der Waals surface area contributed by atoms with Gasteiger partial charge in [0.2, 0.25) is 10.0 Å². The average Bonchev–Trinajstić information content (AvgIpc) is 3.15. The van der Waals surface area contributed by atoms with Gasteiger partial charge < -0.3 is 5.32 Å². The molecule has 2 rings (SSSR count). The Morgan fingerprint density at radius 1 is 1.53 bits per heavy atom. The number of nitrogens with zero attached hydrogens (tertiary/aromatic N) is 1. The average molecular weight is 304 g/mol. The first-order valence-electron chi connectivity index (χ1n) is 6.35. The number of nitrogens with one attached hydrogen (secondary N) is 2. The van der Waals surface area contributed by atoms with Gasteiger partial charge in [-0.15, -0.1) is 0 Å². The number of aromatic nitrogens is 1. The van der Waals surface area contributed by atoms with Crippen LogP contribution in [0.5, 0.6) is 0 Å². The third-order valence-electron chi connectivity index (χ3n) is 3.14. The first-order valence-corrected chi connectivity index (χ1v) is 8.22. The zero-order valence-electron chi connectivity index (χ0n) is 11.0. The zero-order chi connectivity index (χ0) is 14.0. The minimum Gasteiger partial charge on any atom is -0.369 e. The lowest BCUT2D eigenvalue weighted by molar-refractivity contribution is 0.538. The molecule has 1 heterocycles. The molecular weight excluding hydrogens is 286 g/mol. The molecular formula is C12H18ClN3O2S. The van der Waals surface area contributed by atoms with Gasteiger partial charge in [0.1, 0.15) is 10.7 Å². The second-order valence-electron chi connectivity index (χ2n) is 4.78. The van der Waals surface area contributed by atoms with E-state index in [2.05, 4.69) is 15.0 Å². The molecule has 1 aliphatic rings. The van der Waals surface area contributed by atoms with E-state index in [4.69, 9.17) is 11.6 Å². The summed E-state index contributed by atoms with van der Waals surface area (Å²) in [5, 5.41) is 3.27. The van der Waals surface area contributed by atoms with Crippen LogP contribution in [0.4, 0.5) is 5.82 Å². The summed E-state index contributed by atoms with van der Waals surface area (Å²) in [6.45, 7) is 4.48. The van der Waals surface area contributed by atoms with Crippen molar-refractivity contribution >= 4 is 27.4 Å². The van der Waals surface area contributed by atoms with Crippen molar-refractivity contribution in [3.8, 4) is 0 Å². The fraction of sp³-hybridized carbons (Fsp3) is 0.583. The predicted molar refractivity (Wildman–Crippen MR) is 75.9 cm³/mol. The maximum Gasteiger partial charge on any atom is 0.242 e. The lowest BCUT2D eigenvalue weighted by atomic mass is 10.2. The number of rotatable bonds is 6. The van der Waals surface area contributed by atoms with Gasteiger partial charge in [-0.25, -0.2) is 18.1 Å². The first-order chi connectivity index (χ1) is 8.94. The van der Waals surface area contributed by atoms with Gasteiger partial charge in [0, 0.05) is 18.8 Å². The SMILES string of the molecule is CCNc1ncc(S(=O)(=O)NC(C)C2CC2)cc1Cl. The van der Waals surface area contributed by atoms with Crippen LogP contribution in [0.25, 0.3) is 0 Å². The highest BCUT2D eigenvalue weighted by atomic mass is 35.5. The van der Waals surface area contributed by atoms with Gasteiger partial charge in [-0.05, 0) is 38.7 Å². The van der Waals surface area contributed by atoms with Crippen LogP contribution in [0.3, 0.4) is 0 Å². The van der Waals surface area contributed by atoms with Crippen molar-refractivity contribution in [1.29, 1.82) is 0 Å². The number of sulfonamides is 1. The summed E-state index contributed by atoms with van der Waals surface area (Å²) in [6.07, 6.45) is 3.50. The molecule has 0 spiro atoms. The van der Waals surface area contributed by atoms with Gasteiger partial charge >= 0.3 is 0 Å².